The molecule has 11 nitrogen and oxygen atoms in total. The average Bonchev–Trinajstić information content (AvgIpc) is 3.47. The molecular weight excluding hydrogens is 511 g/mol. The number of hydrogen-bond donors (Lipinski definition) is 2. The van der Waals surface area contributed by atoms with Crippen LogP contribution in [0, 0.1) is 5.82 Å². The van der Waals surface area contributed by atoms with Crippen LogP contribution in [0.15, 0.2) is 29.8 Å². The number of nitrogens with zero attached hydrogens (tertiary/aromatic N) is 2. The minimum Gasteiger partial charge on any atom is -0.444 e. The summed E-state index contributed by atoms with van der Waals surface area (Å²) in [5.74, 6) is -2.37. The van der Waals surface area contributed by atoms with E-state index in [9.17, 15) is 28.4 Å². The number of alkyl carbamates (subject to hydrolysis) is 1. The first kappa shape index (κ1) is 29.6. The van der Waals surface area contributed by atoms with E-state index in [1.807, 2.05) is 0 Å². The third kappa shape index (κ3) is 7.33. The molecule has 0 aromatic heterocycles. The Balaban J connectivity index is 1.74. The fourth-order valence-electron chi connectivity index (χ4n) is 4.48. The van der Waals surface area contributed by atoms with Gasteiger partial charge in [0.15, 0.2) is 5.78 Å². The second-order valence-electron chi connectivity index (χ2n) is 10.7. The molecule has 1 fully saturated rings. The Labute approximate surface area is 226 Å². The van der Waals surface area contributed by atoms with Crippen LogP contribution in [0.4, 0.5) is 14.0 Å². The molecule has 1 aromatic rings. The molecule has 39 heavy (non-hydrogen) atoms. The predicted molar refractivity (Wildman–Crippen MR) is 137 cm³/mol. The number of hydrogen-bond acceptors (Lipinski definition) is 7. The lowest BCUT2D eigenvalue weighted by atomic mass is 10.0. The largest absolute Gasteiger partial charge is 0.444 e. The molecule has 2 aliphatic rings. The van der Waals surface area contributed by atoms with Crippen LogP contribution in [-0.4, -0.2) is 69.9 Å². The number of nitrogens with two attached hydrogens (primary N) is 1. The number of carbonyl (C=O) groups is 5. The normalized spacial score (nSPS) is 19.8. The molecule has 3 atom stereocenters. The van der Waals surface area contributed by atoms with Gasteiger partial charge >= 0.3 is 12.2 Å². The maximum atomic E-state index is 14.1. The topological polar surface area (TPSA) is 148 Å². The summed E-state index contributed by atoms with van der Waals surface area (Å²) in [6.45, 7) is 8.20. The molecule has 1 saturated heterocycles. The molecule has 0 saturated carbocycles. The van der Waals surface area contributed by atoms with E-state index in [4.69, 9.17) is 15.2 Å². The zero-order valence-corrected chi connectivity index (χ0v) is 22.8. The van der Waals surface area contributed by atoms with Crippen molar-refractivity contribution >= 4 is 29.8 Å². The smallest absolute Gasteiger partial charge is 0.410 e. The zero-order chi connectivity index (χ0) is 29.1. The van der Waals surface area contributed by atoms with Gasteiger partial charge < -0.3 is 25.4 Å². The van der Waals surface area contributed by atoms with E-state index < -0.39 is 53.6 Å². The van der Waals surface area contributed by atoms with Crippen LogP contribution in [0.3, 0.4) is 0 Å². The minimum atomic E-state index is -1.35. The monoisotopic (exact) mass is 546 g/mol. The third-order valence-corrected chi connectivity index (χ3v) is 6.58. The number of fused-ring (bicyclic) bond motifs is 1. The molecule has 2 unspecified atom stereocenters. The van der Waals surface area contributed by atoms with Crippen LogP contribution in [0.1, 0.15) is 58.6 Å². The number of nitrogens with one attached hydrogen (secondary N) is 1. The predicted octanol–water partition coefficient (Wildman–Crippen LogP) is 2.55. The average molecular weight is 547 g/mol. The van der Waals surface area contributed by atoms with Gasteiger partial charge in [0.1, 0.15) is 29.6 Å². The van der Waals surface area contributed by atoms with Crippen molar-refractivity contribution in [2.45, 2.75) is 84.3 Å². The maximum absolute atomic E-state index is 14.1. The molecule has 2 heterocycles. The number of primary amides is 1. The second-order valence-corrected chi connectivity index (χ2v) is 10.7. The van der Waals surface area contributed by atoms with Crippen LogP contribution in [-0.2, 0) is 36.9 Å². The highest BCUT2D eigenvalue weighted by Crippen LogP contribution is 2.28. The first-order chi connectivity index (χ1) is 18.2. The zero-order valence-electron chi connectivity index (χ0n) is 22.8. The standard InChI is InChI=1S/C27H35FN4O7/c1-6-15(2)22(33)11-20(30-25(36)39-27(3,4)5)24(35)32-13-17(10-21(32)23(29)34)38-26(37)31-12-16-8-7-9-19(28)18(16)14-31/h6-9,17,20-21H,10-14H2,1-5H3,(H2,29,34)(H,30,36)/b15-6+/t17?,20-,21?/m0/s1. The van der Waals surface area contributed by atoms with E-state index in [1.165, 1.54) is 11.0 Å². The van der Waals surface area contributed by atoms with Gasteiger partial charge in [-0.3, -0.25) is 19.3 Å². The van der Waals surface area contributed by atoms with E-state index in [2.05, 4.69) is 5.32 Å². The number of rotatable bonds is 7. The summed E-state index contributed by atoms with van der Waals surface area (Å²) in [5.41, 5.74) is 6.16. The van der Waals surface area contributed by atoms with Gasteiger partial charge in [0.05, 0.1) is 13.1 Å². The number of ether oxygens (including phenoxy) is 2. The highest BCUT2D eigenvalue weighted by molar-refractivity contribution is 6.00. The summed E-state index contributed by atoms with van der Waals surface area (Å²) in [5, 5.41) is 2.43. The van der Waals surface area contributed by atoms with Crippen LogP contribution >= 0.6 is 0 Å². The second kappa shape index (κ2) is 11.8. The van der Waals surface area contributed by atoms with Gasteiger partial charge in [0.25, 0.3) is 0 Å². The van der Waals surface area contributed by atoms with Crippen LogP contribution in [0.2, 0.25) is 0 Å². The lowest BCUT2D eigenvalue weighted by molar-refractivity contribution is -0.140. The molecule has 1 aromatic carbocycles. The highest BCUT2D eigenvalue weighted by atomic mass is 19.1. The summed E-state index contributed by atoms with van der Waals surface area (Å²) < 4.78 is 24.9. The van der Waals surface area contributed by atoms with Crippen molar-refractivity contribution < 1.29 is 37.8 Å². The molecule has 212 valence electrons. The van der Waals surface area contributed by atoms with E-state index >= 15 is 0 Å². The minimum absolute atomic E-state index is 0.0315. The molecular formula is C27H35FN4O7. The van der Waals surface area contributed by atoms with Crippen molar-refractivity contribution in [2.75, 3.05) is 6.54 Å². The van der Waals surface area contributed by atoms with Crippen molar-refractivity contribution in [1.29, 1.82) is 0 Å². The number of Topliss-reactive ketones (excluding diaryl/α,β-unsaturated/α-hetero) is 1. The number of halogens is 1. The Kier molecular flexibility index (Phi) is 8.98. The van der Waals surface area contributed by atoms with Gasteiger partial charge in [0.2, 0.25) is 11.8 Å². The number of likely N-dealkylation sites (tertiary alicyclic amines) is 1. The van der Waals surface area contributed by atoms with E-state index in [0.29, 0.717) is 16.7 Å². The molecule has 4 amide bonds. The Morgan fingerprint density at radius 2 is 1.90 bits per heavy atom. The van der Waals surface area contributed by atoms with Crippen LogP contribution in [0.25, 0.3) is 0 Å². The quantitative estimate of drug-likeness (QED) is 0.499. The van der Waals surface area contributed by atoms with Gasteiger partial charge in [-0.2, -0.15) is 0 Å². The van der Waals surface area contributed by atoms with Gasteiger partial charge in [-0.05, 0) is 51.8 Å². The molecule has 0 spiro atoms. The SMILES string of the molecule is C/C=C(\C)C(=O)C[C@H](NC(=O)OC(C)(C)C)C(=O)N1CC(OC(=O)N2Cc3cccc(F)c3C2)CC1C(N)=O. The first-order valence-corrected chi connectivity index (χ1v) is 12.7. The third-order valence-electron chi connectivity index (χ3n) is 6.58. The van der Waals surface area contributed by atoms with E-state index in [-0.39, 0.29) is 38.3 Å². The summed E-state index contributed by atoms with van der Waals surface area (Å²) in [6.07, 6.45) is -1.39. The first-order valence-electron chi connectivity index (χ1n) is 12.7. The van der Waals surface area contributed by atoms with Crippen molar-refractivity contribution in [3.05, 3.63) is 46.8 Å². The Morgan fingerprint density at radius 3 is 2.49 bits per heavy atom. The van der Waals surface area contributed by atoms with Crippen molar-refractivity contribution in [3.8, 4) is 0 Å². The maximum Gasteiger partial charge on any atom is 0.410 e. The van der Waals surface area contributed by atoms with Crippen molar-refractivity contribution in [2.24, 2.45) is 5.73 Å². The van der Waals surface area contributed by atoms with E-state index in [1.54, 1.807) is 52.8 Å². The number of allylic oxidation sites excluding steroid dienone is 2. The summed E-state index contributed by atoms with van der Waals surface area (Å²) in [4.78, 5) is 66.2. The fraction of sp³-hybridized carbons (Fsp3) is 0.519. The van der Waals surface area contributed by atoms with Crippen LogP contribution < -0.4 is 11.1 Å². The van der Waals surface area contributed by atoms with Gasteiger partial charge in [-0.15, -0.1) is 0 Å². The molecule has 2 aliphatic heterocycles. The van der Waals surface area contributed by atoms with Gasteiger partial charge in [-0.1, -0.05) is 18.2 Å². The number of carbonyl (C=O) groups excluding carboxylic acids is 5. The Bertz CT molecular complexity index is 1190. The van der Waals surface area contributed by atoms with Gasteiger partial charge in [0, 0.05) is 24.9 Å². The molecule has 3 rings (SSSR count). The molecule has 12 heteroatoms. The molecule has 0 bridgehead atoms. The number of amides is 4. The van der Waals surface area contributed by atoms with Crippen LogP contribution in [0.5, 0.6) is 0 Å². The Hall–Kier alpha value is -3.96. The summed E-state index contributed by atoms with van der Waals surface area (Å²) in [6, 6.07) is 2.11. The molecule has 3 N–H and O–H groups in total. The Morgan fingerprint density at radius 1 is 1.21 bits per heavy atom. The van der Waals surface area contributed by atoms with Crippen molar-refractivity contribution in [3.63, 3.8) is 0 Å². The van der Waals surface area contributed by atoms with Crippen molar-refractivity contribution in [1.82, 2.24) is 15.1 Å². The summed E-state index contributed by atoms with van der Waals surface area (Å²) >= 11 is 0. The number of ketones is 1. The number of benzene rings is 1. The molecule has 0 radical (unpaired) electrons. The van der Waals surface area contributed by atoms with E-state index in [0.717, 1.165) is 4.90 Å². The van der Waals surface area contributed by atoms with Gasteiger partial charge in [-0.25, -0.2) is 14.0 Å². The lowest BCUT2D eigenvalue weighted by Crippen LogP contribution is -2.54. The fourth-order valence-corrected chi connectivity index (χ4v) is 4.48. The highest BCUT2D eigenvalue weighted by Gasteiger charge is 2.44. The lowest BCUT2D eigenvalue weighted by Gasteiger charge is -2.28. The summed E-state index contributed by atoms with van der Waals surface area (Å²) in [7, 11) is 0. The molecule has 0 aliphatic carbocycles.